The quantitative estimate of drug-likeness (QED) is 0.740. The molecule has 3 aliphatic heterocycles. The number of fused-ring (bicyclic) bond motifs is 3. The smallest absolute Gasteiger partial charge is 0.258 e. The van der Waals surface area contributed by atoms with Gasteiger partial charge in [-0.1, -0.05) is 24.3 Å². The molecule has 2 aromatic carbocycles. The number of likely N-dealkylation sites (N-methyl/N-ethyl adjacent to an activating group) is 1. The molecule has 1 atom stereocenters. The van der Waals surface area contributed by atoms with Gasteiger partial charge in [-0.15, -0.1) is 0 Å². The highest BCUT2D eigenvalue weighted by Crippen LogP contribution is 2.43. The Morgan fingerprint density at radius 3 is 2.59 bits per heavy atom. The third-order valence-electron chi connectivity index (χ3n) is 7.26. The van der Waals surface area contributed by atoms with Crippen LogP contribution in [0.3, 0.4) is 0 Å². The van der Waals surface area contributed by atoms with E-state index in [1.165, 1.54) is 0 Å². The summed E-state index contributed by atoms with van der Waals surface area (Å²) in [5, 5.41) is 2.96. The van der Waals surface area contributed by atoms with Gasteiger partial charge in [0.05, 0.1) is 11.3 Å². The normalized spacial score (nSPS) is 23.1. The van der Waals surface area contributed by atoms with Crippen molar-refractivity contribution in [3.8, 4) is 0 Å². The van der Waals surface area contributed by atoms with Crippen LogP contribution in [0.15, 0.2) is 48.5 Å². The number of carbonyl (C=O) groups is 3. The predicted molar refractivity (Wildman–Crippen MR) is 130 cm³/mol. The van der Waals surface area contributed by atoms with E-state index in [9.17, 15) is 14.4 Å². The zero-order valence-corrected chi connectivity index (χ0v) is 19.8. The number of nitrogens with zero attached hydrogens (tertiary/aromatic N) is 4. The van der Waals surface area contributed by atoms with E-state index >= 15 is 0 Å². The van der Waals surface area contributed by atoms with Gasteiger partial charge in [0, 0.05) is 44.8 Å². The van der Waals surface area contributed by atoms with Gasteiger partial charge in [-0.2, -0.15) is 0 Å². The summed E-state index contributed by atoms with van der Waals surface area (Å²) in [6, 6.07) is 15.0. The number of carbonyl (C=O) groups excluding carboxylic acids is 3. The maximum atomic E-state index is 13.4. The summed E-state index contributed by atoms with van der Waals surface area (Å²) in [5.74, 6) is -0.516. The van der Waals surface area contributed by atoms with Crippen LogP contribution in [0.2, 0.25) is 0 Å². The zero-order chi connectivity index (χ0) is 23.9. The molecule has 0 aliphatic carbocycles. The van der Waals surface area contributed by atoms with Crippen LogP contribution in [-0.4, -0.2) is 77.9 Å². The SMILES string of the molecule is CN1CCN(Cc2cccc(NC(=O)CN3C(=O)c4ccccc4N4C(=O)CCC34C)c2)CC1. The molecule has 3 aliphatic rings. The Morgan fingerprint density at radius 1 is 1.03 bits per heavy atom. The first kappa shape index (κ1) is 22.6. The van der Waals surface area contributed by atoms with Crippen LogP contribution in [-0.2, 0) is 16.1 Å². The molecule has 0 saturated carbocycles. The topological polar surface area (TPSA) is 76.2 Å². The van der Waals surface area contributed by atoms with Crippen molar-refractivity contribution in [2.24, 2.45) is 0 Å². The molecule has 0 bridgehead atoms. The Labute approximate surface area is 200 Å². The molecule has 1 unspecified atom stereocenters. The van der Waals surface area contributed by atoms with E-state index in [0.717, 1.165) is 38.3 Å². The van der Waals surface area contributed by atoms with Gasteiger partial charge in [-0.25, -0.2) is 0 Å². The van der Waals surface area contributed by atoms with Crippen molar-refractivity contribution >= 4 is 29.1 Å². The van der Waals surface area contributed by atoms with Gasteiger partial charge in [0.2, 0.25) is 11.8 Å². The number of piperazine rings is 1. The molecule has 0 aromatic heterocycles. The average molecular weight is 462 g/mol. The van der Waals surface area contributed by atoms with E-state index in [1.807, 2.05) is 31.2 Å². The van der Waals surface area contributed by atoms with Crippen LogP contribution in [0.4, 0.5) is 11.4 Å². The first-order chi connectivity index (χ1) is 16.3. The zero-order valence-electron chi connectivity index (χ0n) is 19.8. The number of hydrogen-bond acceptors (Lipinski definition) is 5. The molecule has 3 amide bonds. The number of benzene rings is 2. The van der Waals surface area contributed by atoms with Crippen LogP contribution < -0.4 is 10.2 Å². The lowest BCUT2D eigenvalue weighted by atomic mass is 9.98. The van der Waals surface area contributed by atoms with Gasteiger partial charge in [0.25, 0.3) is 5.91 Å². The van der Waals surface area contributed by atoms with Crippen molar-refractivity contribution in [2.75, 3.05) is 50.0 Å². The fraction of sp³-hybridized carbons (Fsp3) is 0.423. The van der Waals surface area contributed by atoms with E-state index in [2.05, 4.69) is 28.2 Å². The fourth-order valence-electron chi connectivity index (χ4n) is 5.30. The molecule has 178 valence electrons. The van der Waals surface area contributed by atoms with Crippen LogP contribution in [0.25, 0.3) is 0 Å². The lowest BCUT2D eigenvalue weighted by Gasteiger charge is -2.48. The Balaban J connectivity index is 1.30. The number of para-hydroxylation sites is 1. The summed E-state index contributed by atoms with van der Waals surface area (Å²) < 4.78 is 0. The summed E-state index contributed by atoms with van der Waals surface area (Å²) in [5.41, 5.74) is 2.10. The highest BCUT2D eigenvalue weighted by molar-refractivity contribution is 6.11. The van der Waals surface area contributed by atoms with Crippen molar-refractivity contribution in [2.45, 2.75) is 32.0 Å². The van der Waals surface area contributed by atoms with Crippen molar-refractivity contribution in [1.29, 1.82) is 0 Å². The van der Waals surface area contributed by atoms with E-state index in [-0.39, 0.29) is 24.3 Å². The maximum absolute atomic E-state index is 13.4. The van der Waals surface area contributed by atoms with Crippen LogP contribution in [0.1, 0.15) is 35.7 Å². The third kappa shape index (κ3) is 4.08. The highest BCUT2D eigenvalue weighted by Gasteiger charge is 2.53. The number of anilines is 2. The lowest BCUT2D eigenvalue weighted by molar-refractivity contribution is -0.120. The fourth-order valence-corrected chi connectivity index (χ4v) is 5.30. The van der Waals surface area contributed by atoms with Gasteiger partial charge >= 0.3 is 0 Å². The monoisotopic (exact) mass is 461 g/mol. The second kappa shape index (κ2) is 8.85. The standard InChI is InChI=1S/C26H31N5O3/c1-26-11-10-24(33)31(26)22-9-4-3-8-21(22)25(34)30(26)18-23(32)27-20-7-5-6-19(16-20)17-29-14-12-28(2)13-15-29/h3-9,16H,10-15,17-18H2,1-2H3,(H,27,32). The summed E-state index contributed by atoms with van der Waals surface area (Å²) in [6.45, 7) is 6.77. The molecular weight excluding hydrogens is 430 g/mol. The Morgan fingerprint density at radius 2 is 1.79 bits per heavy atom. The van der Waals surface area contributed by atoms with Gasteiger partial charge in [0.1, 0.15) is 12.2 Å². The molecule has 0 spiro atoms. The summed E-state index contributed by atoms with van der Waals surface area (Å²) in [6.07, 6.45) is 0.851. The van der Waals surface area contributed by atoms with Gasteiger partial charge in [-0.05, 0) is 50.2 Å². The molecule has 2 aromatic rings. The maximum Gasteiger partial charge on any atom is 0.258 e. The molecule has 2 fully saturated rings. The molecule has 1 N–H and O–H groups in total. The number of nitrogens with one attached hydrogen (secondary N) is 1. The lowest BCUT2D eigenvalue weighted by Crippen LogP contribution is -2.63. The van der Waals surface area contributed by atoms with Crippen LogP contribution >= 0.6 is 0 Å². The average Bonchev–Trinajstić information content (AvgIpc) is 3.14. The van der Waals surface area contributed by atoms with Crippen molar-refractivity contribution in [1.82, 2.24) is 14.7 Å². The Kier molecular flexibility index (Phi) is 5.87. The van der Waals surface area contributed by atoms with Crippen molar-refractivity contribution in [3.63, 3.8) is 0 Å². The first-order valence-corrected chi connectivity index (χ1v) is 11.9. The second-order valence-electron chi connectivity index (χ2n) is 9.68. The third-order valence-corrected chi connectivity index (χ3v) is 7.26. The molecule has 5 rings (SSSR count). The number of hydrogen-bond donors (Lipinski definition) is 1. The molecule has 3 heterocycles. The van der Waals surface area contributed by atoms with E-state index < -0.39 is 5.66 Å². The minimum atomic E-state index is -0.844. The van der Waals surface area contributed by atoms with Gasteiger partial charge < -0.3 is 15.1 Å². The summed E-state index contributed by atoms with van der Waals surface area (Å²) in [7, 11) is 2.14. The van der Waals surface area contributed by atoms with E-state index in [4.69, 9.17) is 0 Å². The minimum Gasteiger partial charge on any atom is -0.325 e. The van der Waals surface area contributed by atoms with Crippen LogP contribution in [0, 0.1) is 0 Å². The highest BCUT2D eigenvalue weighted by atomic mass is 16.2. The van der Waals surface area contributed by atoms with Gasteiger partial charge in [0.15, 0.2) is 0 Å². The molecule has 8 heteroatoms. The van der Waals surface area contributed by atoms with Gasteiger partial charge in [-0.3, -0.25) is 24.2 Å². The second-order valence-corrected chi connectivity index (χ2v) is 9.68. The molecular formula is C26H31N5O3. The minimum absolute atomic E-state index is 0.0236. The number of amides is 3. The number of rotatable bonds is 5. The summed E-state index contributed by atoms with van der Waals surface area (Å²) in [4.78, 5) is 47.1. The van der Waals surface area contributed by atoms with E-state index in [0.29, 0.717) is 29.8 Å². The van der Waals surface area contributed by atoms with Crippen LogP contribution in [0.5, 0.6) is 0 Å². The Hall–Kier alpha value is -3.23. The first-order valence-electron chi connectivity index (χ1n) is 11.9. The summed E-state index contributed by atoms with van der Waals surface area (Å²) >= 11 is 0. The molecule has 2 saturated heterocycles. The Bertz CT molecular complexity index is 1130. The molecule has 34 heavy (non-hydrogen) atoms. The molecule has 0 radical (unpaired) electrons. The predicted octanol–water partition coefficient (Wildman–Crippen LogP) is 2.37. The van der Waals surface area contributed by atoms with Crippen molar-refractivity contribution < 1.29 is 14.4 Å². The van der Waals surface area contributed by atoms with E-state index in [1.54, 1.807) is 28.0 Å². The van der Waals surface area contributed by atoms with Crippen molar-refractivity contribution in [3.05, 3.63) is 59.7 Å². The largest absolute Gasteiger partial charge is 0.325 e. The molecule has 8 nitrogen and oxygen atoms in total.